The standard InChI is InChI=1S/C13H14N2O6/c1-7(16)11(12(18)19)14-10(17)6-15-8-4-2-3-5-9(8)21-13(15)20/h2-5,7,11,16H,6H2,1H3,(H,14,17)(H,18,19). The molecule has 2 unspecified atom stereocenters. The highest BCUT2D eigenvalue weighted by molar-refractivity contribution is 5.85. The van der Waals surface area contributed by atoms with E-state index in [1.165, 1.54) is 6.92 Å². The number of carboxylic acid groups (broad SMARTS) is 1. The summed E-state index contributed by atoms with van der Waals surface area (Å²) < 4.78 is 6.05. The molecule has 0 fully saturated rings. The molecular formula is C13H14N2O6. The van der Waals surface area contributed by atoms with E-state index in [1.54, 1.807) is 24.3 Å². The van der Waals surface area contributed by atoms with Gasteiger partial charge in [0.1, 0.15) is 6.54 Å². The molecule has 0 saturated carbocycles. The van der Waals surface area contributed by atoms with Gasteiger partial charge in [0, 0.05) is 0 Å². The van der Waals surface area contributed by atoms with E-state index in [0.717, 1.165) is 4.57 Å². The molecule has 0 bridgehead atoms. The van der Waals surface area contributed by atoms with Gasteiger partial charge in [0.05, 0.1) is 11.6 Å². The van der Waals surface area contributed by atoms with E-state index < -0.39 is 36.3 Å². The lowest BCUT2D eigenvalue weighted by Gasteiger charge is -2.16. The lowest BCUT2D eigenvalue weighted by atomic mass is 10.2. The summed E-state index contributed by atoms with van der Waals surface area (Å²) in [4.78, 5) is 34.4. The molecule has 0 saturated heterocycles. The molecule has 1 aromatic carbocycles. The number of fused-ring (bicyclic) bond motifs is 1. The fourth-order valence-corrected chi connectivity index (χ4v) is 1.92. The molecule has 0 radical (unpaired) electrons. The number of benzene rings is 1. The van der Waals surface area contributed by atoms with Gasteiger partial charge in [-0.3, -0.25) is 9.36 Å². The van der Waals surface area contributed by atoms with Crippen LogP contribution in [0.15, 0.2) is 33.5 Å². The SMILES string of the molecule is CC(O)C(NC(=O)Cn1c(=O)oc2ccccc21)C(=O)O. The van der Waals surface area contributed by atoms with Crippen molar-refractivity contribution in [2.75, 3.05) is 0 Å². The number of nitrogens with one attached hydrogen (secondary N) is 1. The summed E-state index contributed by atoms with van der Waals surface area (Å²) in [6.45, 7) is 0.852. The fourth-order valence-electron chi connectivity index (χ4n) is 1.92. The zero-order chi connectivity index (χ0) is 15.6. The number of hydrogen-bond donors (Lipinski definition) is 3. The topological polar surface area (TPSA) is 122 Å². The first-order valence-electron chi connectivity index (χ1n) is 6.18. The van der Waals surface area contributed by atoms with Crippen molar-refractivity contribution >= 4 is 23.0 Å². The lowest BCUT2D eigenvalue weighted by molar-refractivity contribution is -0.144. The summed E-state index contributed by atoms with van der Waals surface area (Å²) in [5, 5.41) is 20.3. The number of amides is 1. The Labute approximate surface area is 118 Å². The summed E-state index contributed by atoms with van der Waals surface area (Å²) in [5.74, 6) is -2.78. The minimum absolute atomic E-state index is 0.334. The van der Waals surface area contributed by atoms with E-state index in [0.29, 0.717) is 11.1 Å². The van der Waals surface area contributed by atoms with Crippen LogP contribution in [0.3, 0.4) is 0 Å². The van der Waals surface area contributed by atoms with E-state index in [4.69, 9.17) is 9.52 Å². The summed E-state index contributed by atoms with van der Waals surface area (Å²) in [7, 11) is 0. The molecule has 0 aliphatic heterocycles. The van der Waals surface area contributed by atoms with Crippen molar-refractivity contribution in [2.24, 2.45) is 0 Å². The van der Waals surface area contributed by atoms with Gasteiger partial charge in [-0.15, -0.1) is 0 Å². The van der Waals surface area contributed by atoms with Crippen LogP contribution in [0.2, 0.25) is 0 Å². The highest BCUT2D eigenvalue weighted by Crippen LogP contribution is 2.11. The number of aliphatic hydroxyl groups excluding tert-OH is 1. The number of carbonyl (C=O) groups excluding carboxylic acids is 1. The maximum absolute atomic E-state index is 11.8. The van der Waals surface area contributed by atoms with Gasteiger partial charge >= 0.3 is 11.7 Å². The number of rotatable bonds is 5. The zero-order valence-corrected chi connectivity index (χ0v) is 11.1. The summed E-state index contributed by atoms with van der Waals surface area (Å²) in [6.07, 6.45) is -1.26. The van der Waals surface area contributed by atoms with Gasteiger partial charge in [-0.25, -0.2) is 9.59 Å². The number of para-hydroxylation sites is 2. The number of aromatic nitrogens is 1. The third kappa shape index (κ3) is 3.11. The van der Waals surface area contributed by atoms with Gasteiger partial charge in [0.25, 0.3) is 0 Å². The van der Waals surface area contributed by atoms with Crippen molar-refractivity contribution in [3.8, 4) is 0 Å². The van der Waals surface area contributed by atoms with Gasteiger partial charge in [0.2, 0.25) is 5.91 Å². The van der Waals surface area contributed by atoms with E-state index in [9.17, 15) is 19.5 Å². The molecular weight excluding hydrogens is 280 g/mol. The maximum atomic E-state index is 11.8. The van der Waals surface area contributed by atoms with Gasteiger partial charge in [0.15, 0.2) is 11.6 Å². The quantitative estimate of drug-likeness (QED) is 0.686. The normalized spacial score (nSPS) is 13.8. The Kier molecular flexibility index (Phi) is 4.08. The van der Waals surface area contributed by atoms with Crippen molar-refractivity contribution in [3.05, 3.63) is 34.8 Å². The fraction of sp³-hybridized carbons (Fsp3) is 0.308. The number of aliphatic hydroxyl groups is 1. The number of oxazole rings is 1. The summed E-state index contributed by atoms with van der Waals surface area (Å²) in [5.41, 5.74) is 0.766. The number of carboxylic acids is 1. The summed E-state index contributed by atoms with van der Waals surface area (Å²) >= 11 is 0. The highest BCUT2D eigenvalue weighted by atomic mass is 16.4. The van der Waals surface area contributed by atoms with Gasteiger partial charge < -0.3 is 19.9 Å². The van der Waals surface area contributed by atoms with Crippen molar-refractivity contribution in [1.29, 1.82) is 0 Å². The predicted molar refractivity (Wildman–Crippen MR) is 71.7 cm³/mol. The monoisotopic (exact) mass is 294 g/mol. The molecule has 0 aliphatic carbocycles. The lowest BCUT2D eigenvalue weighted by Crippen LogP contribution is -2.49. The number of aliphatic carboxylic acids is 1. The van der Waals surface area contributed by atoms with Gasteiger partial charge in [-0.1, -0.05) is 12.1 Å². The molecule has 2 aromatic rings. The van der Waals surface area contributed by atoms with E-state index in [2.05, 4.69) is 5.32 Å². The van der Waals surface area contributed by atoms with Crippen LogP contribution in [-0.4, -0.2) is 38.8 Å². The minimum Gasteiger partial charge on any atom is -0.480 e. The molecule has 21 heavy (non-hydrogen) atoms. The molecule has 3 N–H and O–H groups in total. The molecule has 0 spiro atoms. The molecule has 112 valence electrons. The van der Waals surface area contributed by atoms with Crippen molar-refractivity contribution < 1.29 is 24.2 Å². The van der Waals surface area contributed by atoms with Crippen molar-refractivity contribution in [2.45, 2.75) is 25.6 Å². The Morgan fingerprint density at radius 1 is 1.38 bits per heavy atom. The number of nitrogens with zero attached hydrogens (tertiary/aromatic N) is 1. The average molecular weight is 294 g/mol. The first-order valence-corrected chi connectivity index (χ1v) is 6.18. The Balaban J connectivity index is 2.20. The minimum atomic E-state index is -1.44. The Bertz CT molecular complexity index is 730. The molecule has 1 aromatic heterocycles. The first kappa shape index (κ1) is 14.8. The predicted octanol–water partition coefficient (Wildman–Crippen LogP) is -0.455. The second kappa shape index (κ2) is 5.80. The average Bonchev–Trinajstić information content (AvgIpc) is 2.72. The Morgan fingerprint density at radius 3 is 2.67 bits per heavy atom. The molecule has 1 heterocycles. The first-order chi connectivity index (χ1) is 9.90. The van der Waals surface area contributed by atoms with Crippen molar-refractivity contribution in [1.82, 2.24) is 9.88 Å². The van der Waals surface area contributed by atoms with Crippen LogP contribution in [0, 0.1) is 0 Å². The smallest absolute Gasteiger partial charge is 0.420 e. The van der Waals surface area contributed by atoms with Crippen LogP contribution in [0.25, 0.3) is 11.1 Å². The van der Waals surface area contributed by atoms with Crippen molar-refractivity contribution in [3.63, 3.8) is 0 Å². The van der Waals surface area contributed by atoms with Crippen LogP contribution < -0.4 is 11.1 Å². The van der Waals surface area contributed by atoms with E-state index >= 15 is 0 Å². The van der Waals surface area contributed by atoms with Crippen LogP contribution in [-0.2, 0) is 16.1 Å². The van der Waals surface area contributed by atoms with Crippen LogP contribution in [0.5, 0.6) is 0 Å². The third-order valence-corrected chi connectivity index (χ3v) is 2.94. The van der Waals surface area contributed by atoms with E-state index in [-0.39, 0.29) is 0 Å². The molecule has 1 amide bonds. The Hall–Kier alpha value is -2.61. The zero-order valence-electron chi connectivity index (χ0n) is 11.1. The highest BCUT2D eigenvalue weighted by Gasteiger charge is 2.25. The molecule has 8 nitrogen and oxygen atoms in total. The largest absolute Gasteiger partial charge is 0.480 e. The number of carbonyl (C=O) groups is 2. The molecule has 2 atom stereocenters. The molecule has 8 heteroatoms. The summed E-state index contributed by atoms with van der Waals surface area (Å²) in [6, 6.07) is 5.12. The number of hydrogen-bond acceptors (Lipinski definition) is 5. The third-order valence-electron chi connectivity index (χ3n) is 2.94. The van der Waals surface area contributed by atoms with E-state index in [1.807, 2.05) is 0 Å². The van der Waals surface area contributed by atoms with Gasteiger partial charge in [-0.05, 0) is 19.1 Å². The van der Waals surface area contributed by atoms with Gasteiger partial charge in [-0.2, -0.15) is 0 Å². The molecule has 2 rings (SSSR count). The van der Waals surface area contributed by atoms with Crippen LogP contribution >= 0.6 is 0 Å². The van der Waals surface area contributed by atoms with Crippen LogP contribution in [0.1, 0.15) is 6.92 Å². The maximum Gasteiger partial charge on any atom is 0.420 e. The second-order valence-corrected chi connectivity index (χ2v) is 4.55. The molecule has 0 aliphatic rings. The second-order valence-electron chi connectivity index (χ2n) is 4.55. The Morgan fingerprint density at radius 2 is 2.05 bits per heavy atom. The van der Waals surface area contributed by atoms with Crippen LogP contribution in [0.4, 0.5) is 0 Å².